The summed E-state index contributed by atoms with van der Waals surface area (Å²) in [6, 6.07) is -0.999. The Morgan fingerprint density at radius 3 is 1.13 bits per heavy atom. The molecule has 12 N–H and O–H groups in total. The fraction of sp³-hybridized carbons (Fsp3) is 0.762. The molecule has 0 radical (unpaired) electrons. The summed E-state index contributed by atoms with van der Waals surface area (Å²) in [5, 5.41) is 120. The van der Waals surface area contributed by atoms with Gasteiger partial charge in [-0.25, -0.2) is 0 Å². The van der Waals surface area contributed by atoms with Crippen LogP contribution in [0.15, 0.2) is 109 Å². The number of aliphatic hydroxyl groups excluding tert-OH is 11. The fourth-order valence-corrected chi connectivity index (χ4v) is 12.3. The number of rotatable bonds is 59. The highest BCUT2D eigenvalue weighted by Gasteiger charge is 2.53. The van der Waals surface area contributed by atoms with Crippen molar-refractivity contribution in [1.29, 1.82) is 0 Å². The summed E-state index contributed by atoms with van der Waals surface area (Å²) in [6.45, 7) is 1.55. The summed E-state index contributed by atoms with van der Waals surface area (Å²) in [4.78, 5) is 13.4. The molecule has 3 heterocycles. The molecule has 3 rings (SSSR count). The van der Waals surface area contributed by atoms with Gasteiger partial charge in [-0.3, -0.25) is 4.79 Å². The van der Waals surface area contributed by atoms with Crippen LogP contribution >= 0.6 is 0 Å². The van der Waals surface area contributed by atoms with Crippen LogP contribution in [-0.2, 0) is 33.2 Å². The van der Waals surface area contributed by atoms with E-state index in [4.69, 9.17) is 28.4 Å². The van der Waals surface area contributed by atoms with Gasteiger partial charge < -0.3 is 89.9 Å². The number of amides is 1. The first kappa shape index (κ1) is 89.7. The quantitative estimate of drug-likeness (QED) is 0.0199. The number of hydrogen-bond acceptors (Lipinski definition) is 18. The van der Waals surface area contributed by atoms with Crippen molar-refractivity contribution in [3.8, 4) is 0 Å². The second kappa shape index (κ2) is 59.8. The highest BCUT2D eigenvalue weighted by atomic mass is 16.8. The van der Waals surface area contributed by atoms with Crippen LogP contribution in [0.4, 0.5) is 0 Å². The molecule has 0 aromatic heterocycles. The van der Waals surface area contributed by atoms with E-state index in [1.165, 1.54) is 141 Å². The van der Waals surface area contributed by atoms with Crippen molar-refractivity contribution in [3.63, 3.8) is 0 Å². The lowest BCUT2D eigenvalue weighted by Gasteiger charge is -2.48. The molecule has 0 aromatic rings. The molecule has 0 bridgehead atoms. The second-order valence-corrected chi connectivity index (χ2v) is 27.1. The maximum atomic E-state index is 13.4. The number of ether oxygens (including phenoxy) is 6. The molecular formula is C80H137NO18. The van der Waals surface area contributed by atoms with Crippen LogP contribution < -0.4 is 5.32 Å². The molecule has 3 aliphatic heterocycles. The number of allylic oxidation sites excluding steroid dienone is 17. The smallest absolute Gasteiger partial charge is 0.220 e. The summed E-state index contributed by atoms with van der Waals surface area (Å²) in [5.74, 6) is -0.291. The van der Waals surface area contributed by atoms with Gasteiger partial charge in [-0.15, -0.1) is 0 Å². The van der Waals surface area contributed by atoms with Crippen LogP contribution in [0.3, 0.4) is 0 Å². The Kier molecular flexibility index (Phi) is 54.2. The summed E-state index contributed by atoms with van der Waals surface area (Å²) < 4.78 is 34.3. The largest absolute Gasteiger partial charge is 0.394 e. The van der Waals surface area contributed by atoms with Gasteiger partial charge in [0.1, 0.15) is 73.2 Å². The van der Waals surface area contributed by atoms with E-state index in [0.717, 1.165) is 83.5 Å². The highest BCUT2D eigenvalue weighted by molar-refractivity contribution is 5.76. The van der Waals surface area contributed by atoms with Crippen LogP contribution in [0.1, 0.15) is 258 Å². The number of carbonyl (C=O) groups is 1. The molecule has 19 nitrogen and oxygen atoms in total. The zero-order valence-electron chi connectivity index (χ0n) is 60.7. The SMILES string of the molecule is CC/C=C\C/C=C\C/C=C\C/C=C\C/C=C\C/C=C\CCCCCCCCCCCCCCCCCCCCCCCCC(=O)NC(COC1OC(CO)C(OC2OC(CO)C(OC3OC(CO)C(O)C(O)C3O)C(O)C2O)C(O)C1O)C(O)/C=C/CC/C=C/CC/C=C/CCCCC. The molecule has 0 saturated carbocycles. The minimum atomic E-state index is -1.98. The van der Waals surface area contributed by atoms with E-state index < -0.39 is 124 Å². The lowest BCUT2D eigenvalue weighted by Crippen LogP contribution is -2.66. The number of carbonyl (C=O) groups excluding carboxylic acids is 1. The number of aliphatic hydroxyl groups is 11. The summed E-state index contributed by atoms with van der Waals surface area (Å²) in [7, 11) is 0. The van der Waals surface area contributed by atoms with Gasteiger partial charge in [0.25, 0.3) is 0 Å². The Bertz CT molecular complexity index is 2220. The third-order valence-corrected chi connectivity index (χ3v) is 18.5. The van der Waals surface area contributed by atoms with E-state index in [2.05, 4.69) is 116 Å². The van der Waals surface area contributed by atoms with E-state index >= 15 is 0 Å². The van der Waals surface area contributed by atoms with Gasteiger partial charge in [0.15, 0.2) is 18.9 Å². The van der Waals surface area contributed by atoms with E-state index in [1.807, 2.05) is 6.08 Å². The van der Waals surface area contributed by atoms with Crippen molar-refractivity contribution < 1.29 is 89.4 Å². The van der Waals surface area contributed by atoms with Crippen LogP contribution in [0, 0.1) is 0 Å². The molecule has 3 saturated heterocycles. The third-order valence-electron chi connectivity index (χ3n) is 18.5. The van der Waals surface area contributed by atoms with Crippen LogP contribution in [-0.4, -0.2) is 193 Å². The third kappa shape index (κ3) is 40.3. The standard InChI is InChI=1S/C80H137NO18/c1-3-5-7-9-11-13-15-17-18-19-20-21-22-23-24-25-26-27-28-29-30-31-32-33-34-35-36-37-38-39-40-41-42-43-44-46-48-50-52-54-56-58-68(86)81-63(64(85)57-55-53-51-49-47-45-16-14-12-10-8-6-4-2)62-94-78-74(92)71(89)76(66(60-83)96-78)99-80-75(93)72(90)77(67(61-84)97-80)98-79-73(91)70(88)69(87)65(59-82)95-79/h5,7,11-14,17-18,20-21,23-24,26-27,47,49,55,57,63-67,69-80,82-85,87-93H,3-4,6,8-10,15-16,19,22,25,28-46,48,50-54,56,58-62H2,1-2H3,(H,81,86)/b7-5-,13-11-,14-12+,18-17-,21-20-,24-23-,27-26-,49-47+,57-55+. The molecule has 0 aromatic carbocycles. The molecule has 1 amide bonds. The normalized spacial score (nSPS) is 27.2. The average molecular weight is 1400 g/mol. The fourth-order valence-electron chi connectivity index (χ4n) is 12.3. The van der Waals surface area contributed by atoms with Crippen molar-refractivity contribution in [3.05, 3.63) is 109 Å². The number of nitrogens with one attached hydrogen (secondary N) is 1. The van der Waals surface area contributed by atoms with Gasteiger partial charge in [0.05, 0.1) is 38.6 Å². The molecule has 99 heavy (non-hydrogen) atoms. The summed E-state index contributed by atoms with van der Waals surface area (Å²) in [5.41, 5.74) is 0. The van der Waals surface area contributed by atoms with Crippen molar-refractivity contribution in [2.45, 2.75) is 362 Å². The lowest BCUT2D eigenvalue weighted by molar-refractivity contribution is -0.379. The van der Waals surface area contributed by atoms with Crippen LogP contribution in [0.5, 0.6) is 0 Å². The topological polar surface area (TPSA) is 307 Å². The van der Waals surface area contributed by atoms with Gasteiger partial charge in [0, 0.05) is 6.42 Å². The molecule has 0 spiro atoms. The van der Waals surface area contributed by atoms with Crippen molar-refractivity contribution in [2.24, 2.45) is 0 Å². The zero-order valence-corrected chi connectivity index (χ0v) is 60.7. The first-order chi connectivity index (χ1) is 48.3. The molecule has 0 aliphatic carbocycles. The van der Waals surface area contributed by atoms with Crippen molar-refractivity contribution >= 4 is 5.91 Å². The second-order valence-electron chi connectivity index (χ2n) is 27.1. The summed E-state index contributed by atoms with van der Waals surface area (Å²) >= 11 is 0. The molecule has 19 heteroatoms. The molecule has 3 aliphatic rings. The molecule has 570 valence electrons. The Morgan fingerprint density at radius 2 is 0.707 bits per heavy atom. The highest BCUT2D eigenvalue weighted by Crippen LogP contribution is 2.33. The Balaban J connectivity index is 1.28. The molecule has 17 atom stereocenters. The minimum absolute atomic E-state index is 0.230. The van der Waals surface area contributed by atoms with Gasteiger partial charge in [-0.2, -0.15) is 0 Å². The minimum Gasteiger partial charge on any atom is -0.394 e. The maximum Gasteiger partial charge on any atom is 0.220 e. The van der Waals surface area contributed by atoms with Gasteiger partial charge >= 0.3 is 0 Å². The van der Waals surface area contributed by atoms with Gasteiger partial charge in [-0.05, 0) is 96.3 Å². The van der Waals surface area contributed by atoms with Gasteiger partial charge in [-0.1, -0.05) is 264 Å². The number of hydrogen-bond donors (Lipinski definition) is 12. The van der Waals surface area contributed by atoms with E-state index in [9.17, 15) is 61.0 Å². The summed E-state index contributed by atoms with van der Waals surface area (Å²) in [6.07, 6.45) is 55.4. The first-order valence-corrected chi connectivity index (χ1v) is 38.6. The predicted molar refractivity (Wildman–Crippen MR) is 392 cm³/mol. The zero-order chi connectivity index (χ0) is 71.8. The molecular weight excluding hydrogens is 1260 g/mol. The van der Waals surface area contributed by atoms with E-state index in [1.54, 1.807) is 6.08 Å². The van der Waals surface area contributed by atoms with Gasteiger partial charge in [0.2, 0.25) is 5.91 Å². The predicted octanol–water partition coefficient (Wildman–Crippen LogP) is 12.2. The number of unbranched alkanes of at least 4 members (excludes halogenated alkanes) is 27. The average Bonchev–Trinajstić information content (AvgIpc) is 0.785. The van der Waals surface area contributed by atoms with Crippen LogP contribution in [0.25, 0.3) is 0 Å². The van der Waals surface area contributed by atoms with E-state index in [0.29, 0.717) is 12.8 Å². The van der Waals surface area contributed by atoms with Crippen molar-refractivity contribution in [1.82, 2.24) is 5.32 Å². The first-order valence-electron chi connectivity index (χ1n) is 38.6. The van der Waals surface area contributed by atoms with E-state index in [-0.39, 0.29) is 18.9 Å². The Morgan fingerprint density at radius 1 is 0.374 bits per heavy atom. The molecule has 17 unspecified atom stereocenters. The maximum absolute atomic E-state index is 13.4. The lowest BCUT2D eigenvalue weighted by atomic mass is 9.96. The molecule has 3 fully saturated rings. The van der Waals surface area contributed by atoms with Crippen LogP contribution in [0.2, 0.25) is 0 Å². The monoisotopic (exact) mass is 1400 g/mol. The Labute approximate surface area is 595 Å². The van der Waals surface area contributed by atoms with Crippen molar-refractivity contribution in [2.75, 3.05) is 26.4 Å². The Hall–Kier alpha value is -3.55.